The van der Waals surface area contributed by atoms with E-state index in [1.54, 1.807) is 0 Å². The second kappa shape index (κ2) is 11.2. The van der Waals surface area contributed by atoms with Crippen molar-refractivity contribution >= 4 is 33.1 Å². The van der Waals surface area contributed by atoms with Gasteiger partial charge < -0.3 is 19.8 Å². The third kappa shape index (κ3) is 5.24. The zero-order chi connectivity index (χ0) is 26.7. The van der Waals surface area contributed by atoms with Crippen molar-refractivity contribution in [3.8, 4) is 11.1 Å². The molecule has 1 fully saturated rings. The number of aryl methyl sites for hydroxylation is 1. The zero-order valence-electron chi connectivity index (χ0n) is 23.2. The van der Waals surface area contributed by atoms with Crippen LogP contribution in [0.2, 0.25) is 0 Å². The molecule has 4 heteroatoms. The van der Waals surface area contributed by atoms with E-state index in [4.69, 9.17) is 0 Å². The molecule has 0 amide bonds. The number of nitrogens with zero attached hydrogens (tertiary/aromatic N) is 2. The van der Waals surface area contributed by atoms with Gasteiger partial charge in [-0.2, -0.15) is 0 Å². The van der Waals surface area contributed by atoms with Crippen LogP contribution in [-0.4, -0.2) is 47.6 Å². The molecule has 2 aliphatic heterocycles. The van der Waals surface area contributed by atoms with Gasteiger partial charge in [0.15, 0.2) is 0 Å². The quantitative estimate of drug-likeness (QED) is 0.242. The number of hydrogen-bond donors (Lipinski definition) is 2. The molecule has 0 bridgehead atoms. The van der Waals surface area contributed by atoms with Gasteiger partial charge in [-0.25, -0.2) is 0 Å². The van der Waals surface area contributed by atoms with E-state index >= 15 is 0 Å². The molecule has 40 heavy (non-hydrogen) atoms. The van der Waals surface area contributed by atoms with Gasteiger partial charge in [-0.15, -0.1) is 0 Å². The second-order valence-electron chi connectivity index (χ2n) is 11.4. The predicted octanol–water partition coefficient (Wildman–Crippen LogP) is 8.19. The standard InChI is InChI=1S/C36H38N4/c1-2-19-39(20-3-1)22-23-40-21-5-8-27(28-9-12-34-31(24-28)15-17-37-34)6-4-7-33-26-30(11-14-36(33)40)29-10-13-35-32(25-29)16-18-38-35/h5-6,8-18,24-26,37-38H,1-4,7,19-23H2/b8-5-,27-6+. The third-order valence-corrected chi connectivity index (χ3v) is 8.73. The van der Waals surface area contributed by atoms with E-state index in [2.05, 4.69) is 105 Å². The molecule has 7 rings (SSSR count). The van der Waals surface area contributed by atoms with Gasteiger partial charge in [0.25, 0.3) is 0 Å². The highest BCUT2D eigenvalue weighted by molar-refractivity contribution is 5.87. The number of fused-ring (bicyclic) bond motifs is 3. The monoisotopic (exact) mass is 526 g/mol. The van der Waals surface area contributed by atoms with Crippen molar-refractivity contribution in [3.05, 3.63) is 108 Å². The molecule has 3 aromatic carbocycles. The van der Waals surface area contributed by atoms with Crippen LogP contribution < -0.4 is 4.90 Å². The maximum absolute atomic E-state index is 3.33. The topological polar surface area (TPSA) is 38.1 Å². The summed E-state index contributed by atoms with van der Waals surface area (Å²) >= 11 is 0. The first-order valence-corrected chi connectivity index (χ1v) is 14.9. The Kier molecular flexibility index (Phi) is 7.01. The first-order chi connectivity index (χ1) is 19.8. The molecule has 0 unspecified atom stereocenters. The average molecular weight is 527 g/mol. The third-order valence-electron chi connectivity index (χ3n) is 8.73. The Labute approximate surface area is 237 Å². The van der Waals surface area contributed by atoms with Crippen LogP contribution in [0.4, 0.5) is 5.69 Å². The molecule has 0 radical (unpaired) electrons. The Morgan fingerprint density at radius 2 is 1.38 bits per heavy atom. The summed E-state index contributed by atoms with van der Waals surface area (Å²) in [6, 6.07) is 25.0. The summed E-state index contributed by atoms with van der Waals surface area (Å²) in [6.07, 6.45) is 17.3. The minimum absolute atomic E-state index is 0.916. The van der Waals surface area contributed by atoms with Crippen molar-refractivity contribution < 1.29 is 0 Å². The van der Waals surface area contributed by atoms with Crippen LogP contribution in [0.3, 0.4) is 0 Å². The fraction of sp³-hybridized carbons (Fsp3) is 0.278. The van der Waals surface area contributed by atoms with Gasteiger partial charge in [0, 0.05) is 48.7 Å². The number of hydrogen-bond acceptors (Lipinski definition) is 2. The van der Waals surface area contributed by atoms with E-state index < -0.39 is 0 Å². The molecule has 2 aromatic heterocycles. The van der Waals surface area contributed by atoms with Gasteiger partial charge in [-0.1, -0.05) is 42.8 Å². The molecular formula is C36H38N4. The Bertz CT molecular complexity index is 1680. The molecule has 2 aliphatic rings. The highest BCUT2D eigenvalue weighted by atomic mass is 15.2. The second-order valence-corrected chi connectivity index (χ2v) is 11.4. The Morgan fingerprint density at radius 1 is 0.675 bits per heavy atom. The van der Waals surface area contributed by atoms with Gasteiger partial charge in [-0.05, 0) is 126 Å². The Balaban J connectivity index is 1.22. The van der Waals surface area contributed by atoms with E-state index in [1.807, 2.05) is 12.4 Å². The summed E-state index contributed by atoms with van der Waals surface area (Å²) in [6.45, 7) is 5.59. The average Bonchev–Trinajstić information content (AvgIpc) is 3.67. The van der Waals surface area contributed by atoms with Gasteiger partial charge >= 0.3 is 0 Å². The number of likely N-dealkylation sites (tertiary alicyclic amines) is 1. The van der Waals surface area contributed by atoms with Crippen LogP contribution in [0.1, 0.15) is 36.8 Å². The van der Waals surface area contributed by atoms with E-state index in [0.717, 1.165) is 32.5 Å². The number of piperidine rings is 1. The lowest BCUT2D eigenvalue weighted by Gasteiger charge is -2.32. The van der Waals surface area contributed by atoms with Gasteiger partial charge in [0.2, 0.25) is 0 Å². The summed E-state index contributed by atoms with van der Waals surface area (Å²) in [5.41, 5.74) is 10.4. The fourth-order valence-corrected chi connectivity index (χ4v) is 6.47. The van der Waals surface area contributed by atoms with Crippen molar-refractivity contribution in [2.45, 2.75) is 32.1 Å². The van der Waals surface area contributed by atoms with Crippen LogP contribution in [0.25, 0.3) is 38.5 Å². The van der Waals surface area contributed by atoms with E-state index in [0.29, 0.717) is 0 Å². The van der Waals surface area contributed by atoms with Crippen molar-refractivity contribution in [3.63, 3.8) is 0 Å². The molecule has 5 aromatic rings. The number of nitrogens with one attached hydrogen (secondary N) is 2. The minimum Gasteiger partial charge on any atom is -0.366 e. The number of benzene rings is 3. The molecule has 1 saturated heterocycles. The molecule has 4 heterocycles. The van der Waals surface area contributed by atoms with E-state index in [1.165, 1.54) is 87.7 Å². The van der Waals surface area contributed by atoms with Crippen LogP contribution in [-0.2, 0) is 6.42 Å². The minimum atomic E-state index is 0.916. The van der Waals surface area contributed by atoms with E-state index in [9.17, 15) is 0 Å². The van der Waals surface area contributed by atoms with Crippen LogP contribution >= 0.6 is 0 Å². The summed E-state index contributed by atoms with van der Waals surface area (Å²) in [7, 11) is 0. The van der Waals surface area contributed by atoms with Crippen molar-refractivity contribution in [1.29, 1.82) is 0 Å². The molecule has 0 atom stereocenters. The normalized spacial score (nSPS) is 18.9. The molecule has 202 valence electrons. The molecule has 0 spiro atoms. The largest absolute Gasteiger partial charge is 0.366 e. The first kappa shape index (κ1) is 25.0. The molecule has 0 saturated carbocycles. The SMILES string of the molecule is C1=C\C(c2ccc3[nH]ccc3c2)=C/CCc2cc(-c3ccc4[nH]ccc4c3)ccc2N(CCN2CCCCC2)C/1. The van der Waals surface area contributed by atoms with Crippen LogP contribution in [0, 0.1) is 0 Å². The highest BCUT2D eigenvalue weighted by Gasteiger charge is 2.16. The summed E-state index contributed by atoms with van der Waals surface area (Å²) in [5, 5.41) is 2.53. The maximum Gasteiger partial charge on any atom is 0.0454 e. The van der Waals surface area contributed by atoms with Crippen molar-refractivity contribution in [2.75, 3.05) is 37.6 Å². The lowest BCUT2D eigenvalue weighted by Crippen LogP contribution is -2.38. The van der Waals surface area contributed by atoms with Crippen molar-refractivity contribution in [2.24, 2.45) is 0 Å². The number of anilines is 1. The number of H-pyrrole nitrogens is 2. The lowest BCUT2D eigenvalue weighted by molar-refractivity contribution is 0.233. The Hall–Kier alpha value is -4.02. The lowest BCUT2D eigenvalue weighted by atomic mass is 9.96. The predicted molar refractivity (Wildman–Crippen MR) is 170 cm³/mol. The number of aromatic amines is 2. The number of aromatic nitrogens is 2. The zero-order valence-corrected chi connectivity index (χ0v) is 23.2. The summed E-state index contributed by atoms with van der Waals surface area (Å²) < 4.78 is 0. The van der Waals surface area contributed by atoms with E-state index in [-0.39, 0.29) is 0 Å². The molecule has 0 aliphatic carbocycles. The molecule has 4 nitrogen and oxygen atoms in total. The van der Waals surface area contributed by atoms with Crippen molar-refractivity contribution in [1.82, 2.24) is 14.9 Å². The smallest absolute Gasteiger partial charge is 0.0454 e. The van der Waals surface area contributed by atoms with Gasteiger partial charge in [0.05, 0.1) is 0 Å². The van der Waals surface area contributed by atoms with Gasteiger partial charge in [-0.3, -0.25) is 0 Å². The molecule has 2 N–H and O–H groups in total. The number of allylic oxidation sites excluding steroid dienone is 3. The first-order valence-electron chi connectivity index (χ1n) is 14.9. The van der Waals surface area contributed by atoms with Crippen LogP contribution in [0.15, 0.2) is 97.4 Å². The van der Waals surface area contributed by atoms with Gasteiger partial charge in [0.1, 0.15) is 0 Å². The molecular weight excluding hydrogens is 488 g/mol. The number of rotatable bonds is 5. The Morgan fingerprint density at radius 3 is 2.17 bits per heavy atom. The fourth-order valence-electron chi connectivity index (χ4n) is 6.47. The summed E-state index contributed by atoms with van der Waals surface area (Å²) in [5.74, 6) is 0. The summed E-state index contributed by atoms with van der Waals surface area (Å²) in [4.78, 5) is 11.9. The highest BCUT2D eigenvalue weighted by Crippen LogP contribution is 2.32. The maximum atomic E-state index is 3.33. The van der Waals surface area contributed by atoms with Crippen LogP contribution in [0.5, 0.6) is 0 Å².